The van der Waals surface area contributed by atoms with Gasteiger partial charge in [-0.05, 0) is 0 Å². The van der Waals surface area contributed by atoms with Gasteiger partial charge < -0.3 is 5.73 Å². The van der Waals surface area contributed by atoms with E-state index in [2.05, 4.69) is 4.28 Å². The van der Waals surface area contributed by atoms with Gasteiger partial charge in [0.15, 0.2) is 5.54 Å². The van der Waals surface area contributed by atoms with Gasteiger partial charge in [0.1, 0.15) is 19.4 Å². The second-order valence-corrected chi connectivity index (χ2v) is 3.99. The van der Waals surface area contributed by atoms with Crippen molar-refractivity contribution in [3.63, 3.8) is 0 Å². The van der Waals surface area contributed by atoms with Gasteiger partial charge in [0.25, 0.3) is 5.91 Å². The first-order valence-corrected chi connectivity index (χ1v) is 5.03. The average Bonchev–Trinajstić information content (AvgIpc) is 2.16. The number of hydroxylamine groups is 2. The van der Waals surface area contributed by atoms with Crippen molar-refractivity contribution in [2.75, 3.05) is 13.3 Å². The standard InChI is InChI=1S/C5H8F2N2O5S/c6-1-5(2-7)3(8)4(10)9(5)14-15(11,12)13/h3H,1-2,8H2,(H,11,12,13)/t3-/m1/s1. The normalized spacial score (nSPS) is 25.2. The second kappa shape index (κ2) is 3.63. The lowest BCUT2D eigenvalue weighted by molar-refractivity contribution is -0.228. The van der Waals surface area contributed by atoms with Crippen molar-refractivity contribution < 1.29 is 30.8 Å². The molecule has 0 aliphatic carbocycles. The highest BCUT2D eigenvalue weighted by molar-refractivity contribution is 7.80. The number of hydrogen-bond acceptors (Lipinski definition) is 5. The first kappa shape index (κ1) is 12.2. The van der Waals surface area contributed by atoms with Gasteiger partial charge in [-0.1, -0.05) is 0 Å². The molecule has 0 saturated carbocycles. The molecule has 0 unspecified atom stereocenters. The van der Waals surface area contributed by atoms with E-state index >= 15 is 0 Å². The van der Waals surface area contributed by atoms with Crippen molar-refractivity contribution in [2.45, 2.75) is 11.6 Å². The van der Waals surface area contributed by atoms with E-state index in [0.29, 0.717) is 0 Å². The third-order valence-electron chi connectivity index (χ3n) is 2.08. The van der Waals surface area contributed by atoms with Crippen molar-refractivity contribution >= 4 is 16.3 Å². The fraction of sp³-hybridized carbons (Fsp3) is 0.800. The molecule has 0 aromatic carbocycles. The SMILES string of the molecule is N[C@@H]1C(=O)N(OS(=O)(=O)O)C1(CF)CF. The summed E-state index contributed by atoms with van der Waals surface area (Å²) in [6.07, 6.45) is 0. The molecule has 1 aliphatic rings. The van der Waals surface area contributed by atoms with E-state index in [-0.39, 0.29) is 5.06 Å². The average molecular weight is 246 g/mol. The van der Waals surface area contributed by atoms with Gasteiger partial charge in [-0.2, -0.15) is 13.5 Å². The molecule has 1 amide bonds. The van der Waals surface area contributed by atoms with Gasteiger partial charge in [-0.15, -0.1) is 4.28 Å². The van der Waals surface area contributed by atoms with Gasteiger partial charge in [-0.3, -0.25) is 9.35 Å². The van der Waals surface area contributed by atoms with Crippen molar-refractivity contribution in [2.24, 2.45) is 5.73 Å². The fourth-order valence-corrected chi connectivity index (χ4v) is 1.56. The summed E-state index contributed by atoms with van der Waals surface area (Å²) in [6.45, 7) is -2.85. The molecule has 3 N–H and O–H groups in total. The summed E-state index contributed by atoms with van der Waals surface area (Å²) >= 11 is 0. The highest BCUT2D eigenvalue weighted by Crippen LogP contribution is 2.33. The number of nitrogens with two attached hydrogens (primary N) is 1. The lowest BCUT2D eigenvalue weighted by Gasteiger charge is -2.49. The van der Waals surface area contributed by atoms with Gasteiger partial charge in [0, 0.05) is 0 Å². The predicted octanol–water partition coefficient (Wildman–Crippen LogP) is -1.43. The van der Waals surface area contributed by atoms with Crippen LogP contribution in [0, 0.1) is 0 Å². The maximum atomic E-state index is 12.5. The van der Waals surface area contributed by atoms with E-state index in [9.17, 15) is 22.0 Å². The first-order valence-electron chi connectivity index (χ1n) is 3.67. The smallest absolute Gasteiger partial charge is 0.318 e. The van der Waals surface area contributed by atoms with Crippen LogP contribution >= 0.6 is 0 Å². The maximum absolute atomic E-state index is 12.5. The number of halogens is 2. The number of β-lactam (4-membered cyclic amide) rings is 1. The summed E-state index contributed by atoms with van der Waals surface area (Å²) in [6, 6.07) is -1.53. The molecule has 1 aliphatic heterocycles. The first-order chi connectivity index (χ1) is 6.78. The number of nitrogens with zero attached hydrogens (tertiary/aromatic N) is 1. The number of carbonyl (C=O) groups is 1. The Kier molecular flexibility index (Phi) is 2.96. The Morgan fingerprint density at radius 2 is 2.00 bits per heavy atom. The second-order valence-electron chi connectivity index (χ2n) is 2.98. The van der Waals surface area contributed by atoms with Crippen LogP contribution in [0.1, 0.15) is 0 Å². The topological polar surface area (TPSA) is 110 Å². The highest BCUT2D eigenvalue weighted by Gasteiger charge is 2.62. The van der Waals surface area contributed by atoms with Gasteiger partial charge in [0.05, 0.1) is 0 Å². The third kappa shape index (κ3) is 1.80. The van der Waals surface area contributed by atoms with E-state index in [1.807, 2.05) is 0 Å². The van der Waals surface area contributed by atoms with Gasteiger partial charge in [0.2, 0.25) is 0 Å². The molecular weight excluding hydrogens is 238 g/mol. The predicted molar refractivity (Wildman–Crippen MR) is 42.1 cm³/mol. The van der Waals surface area contributed by atoms with Crippen LogP contribution in [-0.4, -0.2) is 48.9 Å². The summed E-state index contributed by atoms with van der Waals surface area (Å²) in [7, 11) is -5.02. The molecule has 1 atom stereocenters. The summed E-state index contributed by atoms with van der Waals surface area (Å²) in [5.41, 5.74) is 2.93. The quantitative estimate of drug-likeness (QED) is 0.464. The molecule has 7 nitrogen and oxygen atoms in total. The van der Waals surface area contributed by atoms with E-state index < -0.39 is 41.2 Å². The zero-order valence-corrected chi connectivity index (χ0v) is 8.08. The van der Waals surface area contributed by atoms with Crippen LogP contribution in [-0.2, 0) is 19.5 Å². The molecule has 1 saturated heterocycles. The van der Waals surface area contributed by atoms with Crippen LogP contribution in [0.15, 0.2) is 0 Å². The zero-order valence-electron chi connectivity index (χ0n) is 7.26. The van der Waals surface area contributed by atoms with Crippen molar-refractivity contribution in [3.8, 4) is 0 Å². The Balaban J connectivity index is 2.93. The highest BCUT2D eigenvalue weighted by atomic mass is 32.3. The van der Waals surface area contributed by atoms with Crippen LogP contribution in [0.3, 0.4) is 0 Å². The van der Waals surface area contributed by atoms with E-state index in [4.69, 9.17) is 10.3 Å². The van der Waals surface area contributed by atoms with Crippen molar-refractivity contribution in [1.29, 1.82) is 0 Å². The van der Waals surface area contributed by atoms with Crippen LogP contribution in [0.5, 0.6) is 0 Å². The lowest BCUT2D eigenvalue weighted by atomic mass is 9.84. The molecule has 10 heteroatoms. The number of amides is 1. The van der Waals surface area contributed by atoms with E-state index in [1.54, 1.807) is 0 Å². The molecule has 0 bridgehead atoms. The number of rotatable bonds is 4. The summed E-state index contributed by atoms with van der Waals surface area (Å²) < 4.78 is 57.4. The minimum atomic E-state index is -5.02. The molecule has 88 valence electrons. The Hall–Kier alpha value is -0.840. The van der Waals surface area contributed by atoms with Crippen molar-refractivity contribution in [3.05, 3.63) is 0 Å². The van der Waals surface area contributed by atoms with Crippen molar-refractivity contribution in [1.82, 2.24) is 5.06 Å². The number of carbonyl (C=O) groups excluding carboxylic acids is 1. The zero-order chi connectivity index (χ0) is 11.9. The summed E-state index contributed by atoms with van der Waals surface area (Å²) in [4.78, 5) is 10.9. The Bertz CT molecular complexity index is 368. The van der Waals surface area contributed by atoms with Crippen LogP contribution in [0.2, 0.25) is 0 Å². The van der Waals surface area contributed by atoms with Crippen LogP contribution < -0.4 is 5.73 Å². The maximum Gasteiger partial charge on any atom is 0.418 e. The molecule has 0 aromatic heterocycles. The molecule has 15 heavy (non-hydrogen) atoms. The molecule has 1 rings (SSSR count). The van der Waals surface area contributed by atoms with E-state index in [0.717, 1.165) is 0 Å². The summed E-state index contributed by atoms with van der Waals surface area (Å²) in [5, 5.41) is -0.104. The Morgan fingerprint density at radius 3 is 2.33 bits per heavy atom. The minimum Gasteiger partial charge on any atom is -0.318 e. The Labute approximate surface area is 83.7 Å². The lowest BCUT2D eigenvalue weighted by Crippen LogP contribution is -2.79. The molecular formula is C5H8F2N2O5S. The molecule has 0 spiro atoms. The summed E-state index contributed by atoms with van der Waals surface area (Å²) in [5.74, 6) is -1.12. The Morgan fingerprint density at radius 1 is 1.53 bits per heavy atom. The van der Waals surface area contributed by atoms with Crippen LogP contribution in [0.25, 0.3) is 0 Å². The van der Waals surface area contributed by atoms with Gasteiger partial charge in [-0.25, -0.2) is 8.78 Å². The molecule has 0 radical (unpaired) electrons. The fourth-order valence-electron chi connectivity index (χ4n) is 1.15. The molecule has 1 heterocycles. The number of hydrogen-bond donors (Lipinski definition) is 2. The molecule has 0 aromatic rings. The van der Waals surface area contributed by atoms with E-state index in [1.165, 1.54) is 0 Å². The van der Waals surface area contributed by atoms with Gasteiger partial charge >= 0.3 is 10.4 Å². The molecule has 1 fully saturated rings. The van der Waals surface area contributed by atoms with Crippen LogP contribution in [0.4, 0.5) is 8.78 Å². The number of alkyl halides is 2. The third-order valence-corrected chi connectivity index (χ3v) is 2.42. The largest absolute Gasteiger partial charge is 0.418 e. The monoisotopic (exact) mass is 246 g/mol. The minimum absolute atomic E-state index is 0.104.